The molecule has 0 spiro atoms. The minimum absolute atomic E-state index is 0.0518. The summed E-state index contributed by atoms with van der Waals surface area (Å²) in [6.45, 7) is 0. The molecule has 1 rings (SSSR count). The van der Waals surface area contributed by atoms with Crippen molar-refractivity contribution >= 4 is 10.1 Å². The average molecular weight is 235 g/mol. The fourth-order valence-corrected chi connectivity index (χ4v) is 2.89. The Kier molecular flexibility index (Phi) is 5.56. The van der Waals surface area contributed by atoms with Crippen LogP contribution in [0.2, 0.25) is 0 Å². The van der Waals surface area contributed by atoms with Gasteiger partial charge < -0.3 is 0 Å². The van der Waals surface area contributed by atoms with E-state index in [1.54, 1.807) is 0 Å². The van der Waals surface area contributed by atoms with Crippen molar-refractivity contribution in [3.05, 3.63) is 0 Å². The third-order valence-electron chi connectivity index (χ3n) is 3.13. The molecule has 0 radical (unpaired) electrons. The van der Waals surface area contributed by atoms with Crippen molar-refractivity contribution in [2.75, 3.05) is 5.75 Å². The maximum Gasteiger partial charge on any atom is 0.283 e. The molecule has 1 aliphatic carbocycles. The molecule has 1 fully saturated rings. The van der Waals surface area contributed by atoms with Gasteiger partial charge in [0, 0.05) is 0 Å². The van der Waals surface area contributed by atoms with Gasteiger partial charge in [0.2, 0.25) is 0 Å². The predicted octanol–water partition coefficient (Wildman–Crippen LogP) is 1.96. The molecule has 2 N–H and O–H groups in total. The van der Waals surface area contributed by atoms with Crippen molar-refractivity contribution < 1.29 is 12.7 Å². The first-order chi connectivity index (χ1) is 7.14. The molecular formula is C10H21NO3S. The molecule has 0 unspecified atom stereocenters. The number of nitrogens with two attached hydrogens (primary N) is 1. The van der Waals surface area contributed by atoms with E-state index >= 15 is 0 Å². The van der Waals surface area contributed by atoms with Gasteiger partial charge in [0.15, 0.2) is 0 Å². The molecule has 0 aromatic heterocycles. The quantitative estimate of drug-likeness (QED) is 0.564. The zero-order valence-electron chi connectivity index (χ0n) is 9.15. The van der Waals surface area contributed by atoms with Crippen LogP contribution in [0.5, 0.6) is 0 Å². The monoisotopic (exact) mass is 235 g/mol. The molecule has 0 aromatic rings. The zero-order chi connectivity index (χ0) is 11.1. The highest BCUT2D eigenvalue weighted by atomic mass is 32.2. The first kappa shape index (κ1) is 12.9. The SMILES string of the molecule is NOS(=O)(=O)CCCCC1CCCCC1. The highest BCUT2D eigenvalue weighted by molar-refractivity contribution is 7.86. The lowest BCUT2D eigenvalue weighted by atomic mass is 9.86. The first-order valence-corrected chi connectivity index (χ1v) is 7.33. The number of hydrogen-bond donors (Lipinski definition) is 1. The lowest BCUT2D eigenvalue weighted by Gasteiger charge is -2.21. The molecular weight excluding hydrogens is 214 g/mol. The van der Waals surface area contributed by atoms with Crippen LogP contribution in [0.4, 0.5) is 0 Å². The van der Waals surface area contributed by atoms with Gasteiger partial charge in [-0.15, -0.1) is 0 Å². The van der Waals surface area contributed by atoms with Crippen molar-refractivity contribution in [1.29, 1.82) is 0 Å². The molecule has 15 heavy (non-hydrogen) atoms. The van der Waals surface area contributed by atoms with Crippen molar-refractivity contribution in [3.63, 3.8) is 0 Å². The minimum Gasteiger partial charge on any atom is -0.198 e. The fraction of sp³-hybridized carbons (Fsp3) is 1.00. The van der Waals surface area contributed by atoms with Gasteiger partial charge in [0.25, 0.3) is 10.1 Å². The molecule has 4 nitrogen and oxygen atoms in total. The Hall–Kier alpha value is -0.130. The Morgan fingerprint density at radius 2 is 1.80 bits per heavy atom. The summed E-state index contributed by atoms with van der Waals surface area (Å²) in [4.78, 5) is 0. The van der Waals surface area contributed by atoms with Gasteiger partial charge in [-0.05, 0) is 12.3 Å². The van der Waals surface area contributed by atoms with E-state index in [0.717, 1.165) is 18.8 Å². The van der Waals surface area contributed by atoms with E-state index in [0.29, 0.717) is 6.42 Å². The van der Waals surface area contributed by atoms with E-state index < -0.39 is 10.1 Å². The van der Waals surface area contributed by atoms with Crippen LogP contribution in [0, 0.1) is 5.92 Å². The lowest BCUT2D eigenvalue weighted by molar-refractivity contribution is 0.323. The summed E-state index contributed by atoms with van der Waals surface area (Å²) in [5.74, 6) is 5.51. The Morgan fingerprint density at radius 1 is 1.13 bits per heavy atom. The molecule has 0 amide bonds. The Morgan fingerprint density at radius 3 is 2.40 bits per heavy atom. The van der Waals surface area contributed by atoms with Crippen LogP contribution in [0.1, 0.15) is 51.4 Å². The van der Waals surface area contributed by atoms with E-state index in [2.05, 4.69) is 10.2 Å². The topological polar surface area (TPSA) is 69.4 Å². The van der Waals surface area contributed by atoms with Crippen molar-refractivity contribution in [2.45, 2.75) is 51.4 Å². The first-order valence-electron chi connectivity index (χ1n) is 5.75. The number of hydrogen-bond acceptors (Lipinski definition) is 4. The predicted molar refractivity (Wildman–Crippen MR) is 59.5 cm³/mol. The number of rotatable bonds is 6. The van der Waals surface area contributed by atoms with Gasteiger partial charge in [-0.2, -0.15) is 18.6 Å². The summed E-state index contributed by atoms with van der Waals surface area (Å²) in [6.07, 6.45) is 9.47. The molecule has 0 aliphatic heterocycles. The van der Waals surface area contributed by atoms with Crippen LogP contribution >= 0.6 is 0 Å². The maximum absolute atomic E-state index is 10.9. The molecule has 0 atom stereocenters. The summed E-state index contributed by atoms with van der Waals surface area (Å²) in [5.41, 5.74) is 0. The minimum atomic E-state index is -3.44. The maximum atomic E-state index is 10.9. The lowest BCUT2D eigenvalue weighted by Crippen LogP contribution is -2.15. The van der Waals surface area contributed by atoms with Crippen molar-refractivity contribution in [1.82, 2.24) is 0 Å². The fourth-order valence-electron chi connectivity index (χ4n) is 2.24. The third-order valence-corrected chi connectivity index (χ3v) is 4.21. The van der Waals surface area contributed by atoms with Gasteiger partial charge in [-0.25, -0.2) is 0 Å². The van der Waals surface area contributed by atoms with Crippen molar-refractivity contribution in [2.24, 2.45) is 11.8 Å². The van der Waals surface area contributed by atoms with Crippen LogP contribution in [-0.4, -0.2) is 14.2 Å². The second-order valence-electron chi connectivity index (χ2n) is 4.36. The standard InChI is InChI=1S/C10H21NO3S/c11-14-15(12,13)9-5-4-8-10-6-2-1-3-7-10/h10H,1-9,11H2. The van der Waals surface area contributed by atoms with Crippen LogP contribution in [0.25, 0.3) is 0 Å². The molecule has 0 saturated heterocycles. The molecule has 1 aliphatic rings. The molecule has 0 heterocycles. The van der Waals surface area contributed by atoms with E-state index in [-0.39, 0.29) is 5.75 Å². The third kappa shape index (κ3) is 5.49. The molecule has 0 aromatic carbocycles. The molecule has 90 valence electrons. The van der Waals surface area contributed by atoms with Gasteiger partial charge >= 0.3 is 0 Å². The zero-order valence-corrected chi connectivity index (χ0v) is 9.97. The summed E-state index contributed by atoms with van der Waals surface area (Å²) in [7, 11) is -3.44. The van der Waals surface area contributed by atoms with E-state index in [1.807, 2.05) is 0 Å². The Labute approximate surface area is 92.3 Å². The summed E-state index contributed by atoms with van der Waals surface area (Å²) in [6, 6.07) is 0. The Balaban J connectivity index is 2.06. The second kappa shape index (κ2) is 6.45. The number of unbranched alkanes of at least 4 members (excludes halogenated alkanes) is 1. The van der Waals surface area contributed by atoms with Gasteiger partial charge in [0.05, 0.1) is 5.75 Å². The average Bonchev–Trinajstić information content (AvgIpc) is 2.26. The summed E-state index contributed by atoms with van der Waals surface area (Å²) < 4.78 is 25.7. The van der Waals surface area contributed by atoms with E-state index in [4.69, 9.17) is 0 Å². The van der Waals surface area contributed by atoms with Gasteiger partial charge in [-0.3, -0.25) is 0 Å². The molecule has 1 saturated carbocycles. The summed E-state index contributed by atoms with van der Waals surface area (Å²) >= 11 is 0. The van der Waals surface area contributed by atoms with Crippen LogP contribution in [-0.2, 0) is 14.4 Å². The van der Waals surface area contributed by atoms with Crippen LogP contribution in [0.3, 0.4) is 0 Å². The highest BCUT2D eigenvalue weighted by Gasteiger charge is 2.14. The van der Waals surface area contributed by atoms with Crippen molar-refractivity contribution in [3.8, 4) is 0 Å². The second-order valence-corrected chi connectivity index (χ2v) is 6.07. The molecule has 5 heteroatoms. The van der Waals surface area contributed by atoms with E-state index in [1.165, 1.54) is 32.1 Å². The summed E-state index contributed by atoms with van der Waals surface area (Å²) in [5, 5.41) is 0. The normalized spacial score (nSPS) is 19.3. The molecule has 0 bridgehead atoms. The highest BCUT2D eigenvalue weighted by Crippen LogP contribution is 2.27. The smallest absolute Gasteiger partial charge is 0.198 e. The van der Waals surface area contributed by atoms with Crippen LogP contribution in [0.15, 0.2) is 0 Å². The Bertz CT molecular complexity index is 258. The van der Waals surface area contributed by atoms with Crippen LogP contribution < -0.4 is 5.90 Å². The largest absolute Gasteiger partial charge is 0.283 e. The van der Waals surface area contributed by atoms with E-state index in [9.17, 15) is 8.42 Å². The van der Waals surface area contributed by atoms with Gasteiger partial charge in [0.1, 0.15) is 0 Å². The van der Waals surface area contributed by atoms with Gasteiger partial charge in [-0.1, -0.05) is 44.9 Å².